The molecule has 1 aromatic rings. The first kappa shape index (κ1) is 19.4. The first-order chi connectivity index (χ1) is 13.5. The Labute approximate surface area is 162 Å². The van der Waals surface area contributed by atoms with E-state index in [-0.39, 0.29) is 23.1 Å². The Hall–Kier alpha value is -3.36. The normalized spacial score (nSPS) is 16.6. The third-order valence-electron chi connectivity index (χ3n) is 4.35. The van der Waals surface area contributed by atoms with Crippen LogP contribution in [0.2, 0.25) is 0 Å². The van der Waals surface area contributed by atoms with Gasteiger partial charge in [-0.05, 0) is 26.0 Å². The van der Waals surface area contributed by atoms with E-state index in [1.807, 2.05) is 13.8 Å². The van der Waals surface area contributed by atoms with Crippen LogP contribution in [0.25, 0.3) is 0 Å². The molecule has 0 bridgehead atoms. The molecule has 0 saturated heterocycles. The molecule has 0 saturated carbocycles. The fraction of sp³-hybridized carbons (Fsp3) is 0.368. The molecule has 2 N–H and O–H groups in total. The fourth-order valence-electron chi connectivity index (χ4n) is 2.93. The lowest BCUT2D eigenvalue weighted by Gasteiger charge is -2.23. The molecular weight excluding hydrogens is 364 g/mol. The summed E-state index contributed by atoms with van der Waals surface area (Å²) in [5.41, 5.74) is 0.594. The first-order valence-corrected chi connectivity index (χ1v) is 9.12. The number of benzene rings is 1. The van der Waals surface area contributed by atoms with Crippen molar-refractivity contribution in [1.82, 2.24) is 10.2 Å². The van der Waals surface area contributed by atoms with Gasteiger partial charge < -0.3 is 25.0 Å². The summed E-state index contributed by atoms with van der Waals surface area (Å²) in [5.74, 6) is -0.871. The number of nitrogens with zero attached hydrogens (tertiary/aromatic N) is 2. The molecule has 0 unspecified atom stereocenters. The van der Waals surface area contributed by atoms with Crippen LogP contribution in [0.3, 0.4) is 0 Å². The summed E-state index contributed by atoms with van der Waals surface area (Å²) in [6, 6.07) is 3.01. The predicted octanol–water partition coefficient (Wildman–Crippen LogP) is 0.963. The number of amidine groups is 1. The van der Waals surface area contributed by atoms with Crippen LogP contribution in [0, 0.1) is 0 Å². The largest absolute Gasteiger partial charge is 0.419 e. The van der Waals surface area contributed by atoms with E-state index >= 15 is 0 Å². The molecule has 2 heterocycles. The van der Waals surface area contributed by atoms with Crippen molar-refractivity contribution in [1.29, 1.82) is 0 Å². The third-order valence-corrected chi connectivity index (χ3v) is 4.35. The Balaban J connectivity index is 2.05. The summed E-state index contributed by atoms with van der Waals surface area (Å²) in [6.45, 7) is 6.53. The molecule has 2 aliphatic heterocycles. The minimum Gasteiger partial charge on any atom is -0.419 e. The summed E-state index contributed by atoms with van der Waals surface area (Å²) >= 11 is 0. The molecule has 3 rings (SSSR count). The van der Waals surface area contributed by atoms with Gasteiger partial charge in [0.1, 0.15) is 5.84 Å². The van der Waals surface area contributed by atoms with Crippen molar-refractivity contribution in [3.63, 3.8) is 0 Å². The monoisotopic (exact) mass is 386 g/mol. The molecule has 0 atom stereocenters. The number of hydrogen-bond donors (Lipinski definition) is 2. The van der Waals surface area contributed by atoms with Crippen molar-refractivity contribution in [2.75, 3.05) is 38.0 Å². The molecule has 2 aliphatic rings. The van der Waals surface area contributed by atoms with Crippen molar-refractivity contribution in [3.8, 4) is 11.5 Å². The number of fused-ring (bicyclic) bond motifs is 1. The summed E-state index contributed by atoms with van der Waals surface area (Å²) in [6.07, 6.45) is 1.97. The molecule has 28 heavy (non-hydrogen) atoms. The van der Waals surface area contributed by atoms with Crippen LogP contribution in [-0.2, 0) is 9.59 Å². The Bertz CT molecular complexity index is 858. The number of aliphatic imine (C=N–C) groups is 1. The minimum atomic E-state index is -0.732. The summed E-state index contributed by atoms with van der Waals surface area (Å²) in [4.78, 5) is 42.8. The average Bonchev–Trinajstić information content (AvgIpc) is 3.19. The second-order valence-electron chi connectivity index (χ2n) is 6.08. The van der Waals surface area contributed by atoms with Crippen LogP contribution in [0.4, 0.5) is 5.69 Å². The van der Waals surface area contributed by atoms with Gasteiger partial charge in [0.25, 0.3) is 5.91 Å². The van der Waals surface area contributed by atoms with Crippen molar-refractivity contribution in [3.05, 3.63) is 29.8 Å². The molecule has 148 valence electrons. The number of ether oxygens (including phenoxy) is 2. The molecule has 0 aliphatic carbocycles. The Morgan fingerprint density at radius 3 is 2.54 bits per heavy atom. The van der Waals surface area contributed by atoms with Gasteiger partial charge in [0.15, 0.2) is 11.5 Å². The maximum Gasteiger partial charge on any atom is 0.336 e. The number of carbonyl (C=O) groups excluding carboxylic acids is 3. The van der Waals surface area contributed by atoms with Crippen molar-refractivity contribution < 1.29 is 23.9 Å². The lowest BCUT2D eigenvalue weighted by Crippen LogP contribution is -2.32. The smallest absolute Gasteiger partial charge is 0.336 e. The van der Waals surface area contributed by atoms with Crippen molar-refractivity contribution in [2.24, 2.45) is 4.99 Å². The SMILES string of the molecule is CCN(CC)C(=O)c1ccc2c(c1NCC1=NCCN1)OC(=O)/C=C/C(=O)O2. The van der Waals surface area contributed by atoms with E-state index in [0.717, 1.165) is 24.5 Å². The Morgan fingerprint density at radius 2 is 1.89 bits per heavy atom. The summed E-state index contributed by atoms with van der Waals surface area (Å²) in [5, 5.41) is 6.24. The zero-order valence-corrected chi connectivity index (χ0v) is 15.8. The third kappa shape index (κ3) is 4.13. The van der Waals surface area contributed by atoms with Crippen molar-refractivity contribution in [2.45, 2.75) is 13.8 Å². The van der Waals surface area contributed by atoms with Gasteiger partial charge in [0.05, 0.1) is 24.3 Å². The zero-order valence-electron chi connectivity index (χ0n) is 15.8. The van der Waals surface area contributed by atoms with Gasteiger partial charge in [0.2, 0.25) is 0 Å². The average molecular weight is 386 g/mol. The van der Waals surface area contributed by atoms with Crippen LogP contribution in [0.1, 0.15) is 24.2 Å². The lowest BCUT2D eigenvalue weighted by atomic mass is 10.1. The molecule has 0 fully saturated rings. The van der Waals surface area contributed by atoms with E-state index in [0.29, 0.717) is 31.7 Å². The Morgan fingerprint density at radius 1 is 1.18 bits per heavy atom. The second kappa shape index (κ2) is 8.55. The molecular formula is C19H22N4O5. The van der Waals surface area contributed by atoms with Gasteiger partial charge >= 0.3 is 11.9 Å². The highest BCUT2D eigenvalue weighted by molar-refractivity contribution is 6.04. The second-order valence-corrected chi connectivity index (χ2v) is 6.08. The maximum absolute atomic E-state index is 13.0. The maximum atomic E-state index is 13.0. The van der Waals surface area contributed by atoms with Gasteiger partial charge in [-0.1, -0.05) is 0 Å². The summed E-state index contributed by atoms with van der Waals surface area (Å²) in [7, 11) is 0. The number of rotatable bonds is 6. The molecule has 0 aromatic heterocycles. The fourth-order valence-corrected chi connectivity index (χ4v) is 2.93. The van der Waals surface area contributed by atoms with E-state index in [1.165, 1.54) is 6.07 Å². The van der Waals surface area contributed by atoms with Crippen LogP contribution >= 0.6 is 0 Å². The highest BCUT2D eigenvalue weighted by Crippen LogP contribution is 2.39. The van der Waals surface area contributed by atoms with E-state index < -0.39 is 11.9 Å². The van der Waals surface area contributed by atoms with Gasteiger partial charge in [-0.3, -0.25) is 9.79 Å². The minimum absolute atomic E-state index is 0.000645. The number of carbonyl (C=O) groups is 3. The molecule has 9 heteroatoms. The molecule has 9 nitrogen and oxygen atoms in total. The van der Waals surface area contributed by atoms with Gasteiger partial charge in [-0.15, -0.1) is 0 Å². The van der Waals surface area contributed by atoms with Crippen molar-refractivity contribution >= 4 is 29.4 Å². The van der Waals surface area contributed by atoms with Crippen LogP contribution < -0.4 is 20.1 Å². The highest BCUT2D eigenvalue weighted by Gasteiger charge is 2.26. The quantitative estimate of drug-likeness (QED) is 0.554. The standard InChI is InChI=1S/C19H22N4O5/c1-3-23(4-2)19(26)12-5-6-13-18(28-16(25)8-7-15(24)27-13)17(12)22-11-14-20-9-10-21-14/h5-8,22H,3-4,9-11H2,1-2H3,(H,20,21)/b8-7+. The highest BCUT2D eigenvalue weighted by atomic mass is 16.6. The van der Waals surface area contributed by atoms with Crippen LogP contribution in [-0.4, -0.2) is 61.3 Å². The number of anilines is 1. The number of esters is 2. The summed E-state index contributed by atoms with van der Waals surface area (Å²) < 4.78 is 10.6. The van der Waals surface area contributed by atoms with Crippen LogP contribution in [0.15, 0.2) is 29.3 Å². The molecule has 0 spiro atoms. The molecule has 1 aromatic carbocycles. The van der Waals surface area contributed by atoms with Gasteiger partial charge in [-0.25, -0.2) is 9.59 Å². The van der Waals surface area contributed by atoms with E-state index in [4.69, 9.17) is 9.47 Å². The van der Waals surface area contributed by atoms with Gasteiger partial charge in [-0.2, -0.15) is 0 Å². The first-order valence-electron chi connectivity index (χ1n) is 9.12. The lowest BCUT2D eigenvalue weighted by molar-refractivity contribution is -0.133. The van der Waals surface area contributed by atoms with E-state index in [9.17, 15) is 14.4 Å². The van der Waals surface area contributed by atoms with E-state index in [1.54, 1.807) is 11.0 Å². The Kier molecular flexibility index (Phi) is 5.93. The molecule has 1 amide bonds. The van der Waals surface area contributed by atoms with Crippen LogP contribution in [0.5, 0.6) is 11.5 Å². The topological polar surface area (TPSA) is 109 Å². The zero-order chi connectivity index (χ0) is 20.1. The van der Waals surface area contributed by atoms with Gasteiger partial charge in [0, 0.05) is 31.8 Å². The number of amides is 1. The van der Waals surface area contributed by atoms with E-state index in [2.05, 4.69) is 15.6 Å². The number of nitrogens with one attached hydrogen (secondary N) is 2. The predicted molar refractivity (Wildman–Crippen MR) is 103 cm³/mol. The molecule has 0 radical (unpaired) electrons. The number of hydrogen-bond acceptors (Lipinski definition) is 8.